The van der Waals surface area contributed by atoms with Gasteiger partial charge in [0, 0.05) is 25.4 Å². The molecule has 0 heterocycles. The van der Waals surface area contributed by atoms with Crippen molar-refractivity contribution in [1.82, 2.24) is 10.2 Å². The van der Waals surface area contributed by atoms with E-state index >= 15 is 0 Å². The first kappa shape index (κ1) is 29.9. The quantitative estimate of drug-likeness (QED) is 0.293. The number of ether oxygens (including phenoxy) is 1. The molecule has 0 radical (unpaired) electrons. The number of hydrogen-bond acceptors (Lipinski definition) is 3. The van der Waals surface area contributed by atoms with Crippen LogP contribution in [0.15, 0.2) is 78.9 Å². The first-order chi connectivity index (χ1) is 18.6. The molecular formula is C34H44N2O3. The van der Waals surface area contributed by atoms with Crippen molar-refractivity contribution in [3.63, 3.8) is 0 Å². The summed E-state index contributed by atoms with van der Waals surface area (Å²) in [5.41, 5.74) is 4.40. The zero-order valence-corrected chi connectivity index (χ0v) is 24.4. The second-order valence-electron chi connectivity index (χ2n) is 11.3. The van der Waals surface area contributed by atoms with Gasteiger partial charge in [-0.05, 0) is 59.6 Å². The number of carbonyl (C=O) groups is 2. The molecule has 3 aromatic carbocycles. The summed E-state index contributed by atoms with van der Waals surface area (Å²) in [7, 11) is 1.63. The SMILES string of the molecule is CC[C@@H](C)NC(=O)[C@H](Cc1ccccc1)N(Cc1cccc(OC)c1)C(=O)CCc1ccc(C(C)(C)C)cc1. The average Bonchev–Trinajstić information content (AvgIpc) is 2.93. The molecule has 208 valence electrons. The van der Waals surface area contributed by atoms with E-state index < -0.39 is 6.04 Å². The zero-order valence-electron chi connectivity index (χ0n) is 24.4. The Balaban J connectivity index is 1.90. The minimum atomic E-state index is -0.636. The molecule has 5 nitrogen and oxygen atoms in total. The molecule has 0 aliphatic carbocycles. The van der Waals surface area contributed by atoms with E-state index in [1.165, 1.54) is 5.56 Å². The normalized spacial score (nSPS) is 12.9. The largest absolute Gasteiger partial charge is 0.497 e. The number of methoxy groups -OCH3 is 1. The molecule has 3 rings (SSSR count). The first-order valence-electron chi connectivity index (χ1n) is 14.0. The van der Waals surface area contributed by atoms with Crippen LogP contribution in [0.5, 0.6) is 5.75 Å². The summed E-state index contributed by atoms with van der Waals surface area (Å²) >= 11 is 0. The highest BCUT2D eigenvalue weighted by Gasteiger charge is 2.31. The number of nitrogens with zero attached hydrogens (tertiary/aromatic N) is 1. The molecule has 0 aliphatic rings. The van der Waals surface area contributed by atoms with Gasteiger partial charge in [-0.15, -0.1) is 0 Å². The first-order valence-corrected chi connectivity index (χ1v) is 14.0. The van der Waals surface area contributed by atoms with Gasteiger partial charge >= 0.3 is 0 Å². The lowest BCUT2D eigenvalue weighted by atomic mass is 9.86. The Morgan fingerprint density at radius 2 is 1.56 bits per heavy atom. The van der Waals surface area contributed by atoms with Crippen molar-refractivity contribution in [2.24, 2.45) is 0 Å². The third kappa shape index (κ3) is 8.98. The monoisotopic (exact) mass is 528 g/mol. The van der Waals surface area contributed by atoms with Crippen molar-refractivity contribution in [2.75, 3.05) is 7.11 Å². The number of carbonyl (C=O) groups excluding carboxylic acids is 2. The van der Waals surface area contributed by atoms with Crippen LogP contribution < -0.4 is 10.1 Å². The summed E-state index contributed by atoms with van der Waals surface area (Å²) in [5.74, 6) is 0.555. The van der Waals surface area contributed by atoms with Gasteiger partial charge in [-0.2, -0.15) is 0 Å². The number of hydrogen-bond donors (Lipinski definition) is 1. The van der Waals surface area contributed by atoms with E-state index in [9.17, 15) is 9.59 Å². The van der Waals surface area contributed by atoms with Gasteiger partial charge < -0.3 is 15.0 Å². The van der Waals surface area contributed by atoms with E-state index in [-0.39, 0.29) is 23.3 Å². The lowest BCUT2D eigenvalue weighted by molar-refractivity contribution is -0.141. The summed E-state index contributed by atoms with van der Waals surface area (Å²) in [6.07, 6.45) is 2.20. The van der Waals surface area contributed by atoms with Crippen LogP contribution in [0, 0.1) is 0 Å². The highest BCUT2D eigenvalue weighted by Crippen LogP contribution is 2.23. The summed E-state index contributed by atoms with van der Waals surface area (Å²) in [6, 6.07) is 25.5. The van der Waals surface area contributed by atoms with Crippen molar-refractivity contribution in [1.29, 1.82) is 0 Å². The Kier molecular flexibility index (Phi) is 10.7. The molecule has 0 spiro atoms. The molecular weight excluding hydrogens is 484 g/mol. The predicted octanol–water partition coefficient (Wildman–Crippen LogP) is 6.48. The maximum Gasteiger partial charge on any atom is 0.243 e. The standard InChI is InChI=1S/C34H44N2O3/c1-7-25(2)35-33(38)31(23-27-12-9-8-10-13-27)36(24-28-14-11-15-30(22-28)39-6)32(37)21-18-26-16-19-29(20-17-26)34(3,4)5/h8-17,19-20,22,25,31H,7,18,21,23-24H2,1-6H3,(H,35,38)/t25-,31+/m1/s1. The molecule has 0 saturated carbocycles. The molecule has 39 heavy (non-hydrogen) atoms. The molecule has 0 bridgehead atoms. The fourth-order valence-corrected chi connectivity index (χ4v) is 4.53. The van der Waals surface area contributed by atoms with Crippen LogP contribution in [0.2, 0.25) is 0 Å². The van der Waals surface area contributed by atoms with Crippen molar-refractivity contribution in [3.05, 3.63) is 101 Å². The minimum absolute atomic E-state index is 0.0193. The van der Waals surface area contributed by atoms with Crippen LogP contribution in [-0.2, 0) is 34.4 Å². The number of aryl methyl sites for hydroxylation is 1. The fourth-order valence-electron chi connectivity index (χ4n) is 4.53. The maximum absolute atomic E-state index is 13.9. The van der Waals surface area contributed by atoms with Gasteiger partial charge in [0.15, 0.2) is 0 Å². The van der Waals surface area contributed by atoms with E-state index in [1.54, 1.807) is 12.0 Å². The molecule has 0 unspecified atom stereocenters. The predicted molar refractivity (Wildman–Crippen MR) is 159 cm³/mol. The zero-order chi connectivity index (χ0) is 28.4. The van der Waals surface area contributed by atoms with Crippen LogP contribution in [-0.4, -0.2) is 35.9 Å². The topological polar surface area (TPSA) is 58.6 Å². The lowest BCUT2D eigenvalue weighted by Gasteiger charge is -2.32. The molecule has 0 fully saturated rings. The van der Waals surface area contributed by atoms with Gasteiger partial charge in [0.1, 0.15) is 11.8 Å². The third-order valence-corrected chi connectivity index (χ3v) is 7.21. The van der Waals surface area contributed by atoms with Gasteiger partial charge in [-0.25, -0.2) is 0 Å². The van der Waals surface area contributed by atoms with Gasteiger partial charge in [0.25, 0.3) is 0 Å². The lowest BCUT2D eigenvalue weighted by Crippen LogP contribution is -2.52. The van der Waals surface area contributed by atoms with Crippen molar-refractivity contribution >= 4 is 11.8 Å². The molecule has 1 N–H and O–H groups in total. The molecule has 0 aliphatic heterocycles. The Morgan fingerprint density at radius 3 is 2.18 bits per heavy atom. The summed E-state index contributed by atoms with van der Waals surface area (Å²) in [6.45, 7) is 10.9. The average molecular weight is 529 g/mol. The highest BCUT2D eigenvalue weighted by atomic mass is 16.5. The fraction of sp³-hybridized carbons (Fsp3) is 0.412. The summed E-state index contributed by atoms with van der Waals surface area (Å²) < 4.78 is 5.42. The number of benzene rings is 3. The Hall–Kier alpha value is -3.60. The smallest absolute Gasteiger partial charge is 0.243 e. The van der Waals surface area contributed by atoms with Crippen molar-refractivity contribution in [2.45, 2.75) is 84.3 Å². The van der Waals surface area contributed by atoms with Crippen LogP contribution >= 0.6 is 0 Å². The van der Waals surface area contributed by atoms with Gasteiger partial charge in [0.2, 0.25) is 11.8 Å². The van der Waals surface area contributed by atoms with Crippen LogP contribution in [0.4, 0.5) is 0 Å². The Labute approximate surface area is 234 Å². The molecule has 2 atom stereocenters. The molecule has 0 saturated heterocycles. The molecule has 3 aromatic rings. The second-order valence-corrected chi connectivity index (χ2v) is 11.3. The molecule has 5 heteroatoms. The Morgan fingerprint density at radius 1 is 0.897 bits per heavy atom. The van der Waals surface area contributed by atoms with E-state index in [0.717, 1.165) is 28.9 Å². The summed E-state index contributed by atoms with van der Waals surface area (Å²) in [5, 5.41) is 3.13. The molecule has 0 aromatic heterocycles. The number of rotatable bonds is 12. The Bertz CT molecular complexity index is 1200. The van der Waals surface area contributed by atoms with Crippen molar-refractivity contribution in [3.8, 4) is 5.75 Å². The number of nitrogens with one attached hydrogen (secondary N) is 1. The van der Waals surface area contributed by atoms with Crippen LogP contribution in [0.3, 0.4) is 0 Å². The summed E-state index contributed by atoms with van der Waals surface area (Å²) in [4.78, 5) is 29.3. The van der Waals surface area contributed by atoms with Gasteiger partial charge in [-0.1, -0.05) is 94.4 Å². The van der Waals surface area contributed by atoms with Gasteiger partial charge in [0.05, 0.1) is 7.11 Å². The van der Waals surface area contributed by atoms with E-state index in [2.05, 4.69) is 50.4 Å². The van der Waals surface area contributed by atoms with Crippen LogP contribution in [0.25, 0.3) is 0 Å². The highest BCUT2D eigenvalue weighted by molar-refractivity contribution is 5.88. The minimum Gasteiger partial charge on any atom is -0.497 e. The van der Waals surface area contributed by atoms with E-state index in [4.69, 9.17) is 4.74 Å². The van der Waals surface area contributed by atoms with E-state index in [1.807, 2.05) is 68.4 Å². The van der Waals surface area contributed by atoms with Crippen molar-refractivity contribution < 1.29 is 14.3 Å². The van der Waals surface area contributed by atoms with E-state index in [0.29, 0.717) is 25.8 Å². The number of amides is 2. The second kappa shape index (κ2) is 14.0. The van der Waals surface area contributed by atoms with Gasteiger partial charge in [-0.3, -0.25) is 9.59 Å². The van der Waals surface area contributed by atoms with Crippen LogP contribution in [0.1, 0.15) is 69.7 Å². The third-order valence-electron chi connectivity index (χ3n) is 7.21. The maximum atomic E-state index is 13.9. The molecule has 2 amide bonds.